The Morgan fingerprint density at radius 1 is 1.38 bits per heavy atom. The van der Waals surface area contributed by atoms with E-state index in [-0.39, 0.29) is 0 Å². The predicted molar refractivity (Wildman–Crippen MR) is 74.6 cm³/mol. The van der Waals surface area contributed by atoms with Gasteiger partial charge in [-0.3, -0.25) is 0 Å². The number of nitrogens with one attached hydrogen (secondary N) is 1. The standard InChI is InChI=1S/C15H12N4O2/c1-20-13-5-3-2-4-10(13)7-14-18-15(21-19-14)11-6-12(8-16)17-9-11/h2-6,9,17H,7H2,1H3. The molecule has 0 atom stereocenters. The molecule has 3 aromatic rings. The van der Waals surface area contributed by atoms with Crippen LogP contribution in [0.3, 0.4) is 0 Å². The van der Waals surface area contributed by atoms with Crippen molar-refractivity contribution in [1.82, 2.24) is 15.1 Å². The summed E-state index contributed by atoms with van der Waals surface area (Å²) in [5.74, 6) is 1.74. The van der Waals surface area contributed by atoms with Crippen molar-refractivity contribution in [2.75, 3.05) is 7.11 Å². The molecular formula is C15H12N4O2. The molecule has 0 fully saturated rings. The number of ether oxygens (including phenoxy) is 1. The van der Waals surface area contributed by atoms with Gasteiger partial charge in [-0.1, -0.05) is 23.4 Å². The van der Waals surface area contributed by atoms with Crippen molar-refractivity contribution in [2.45, 2.75) is 6.42 Å². The maximum absolute atomic E-state index is 8.79. The third kappa shape index (κ3) is 2.62. The molecule has 0 aliphatic carbocycles. The minimum absolute atomic E-state index is 0.387. The van der Waals surface area contributed by atoms with E-state index in [0.29, 0.717) is 29.4 Å². The Morgan fingerprint density at radius 2 is 2.24 bits per heavy atom. The lowest BCUT2D eigenvalue weighted by molar-refractivity contribution is 0.408. The second-order valence-electron chi connectivity index (χ2n) is 4.42. The molecule has 104 valence electrons. The highest BCUT2D eigenvalue weighted by atomic mass is 16.5. The third-order valence-corrected chi connectivity index (χ3v) is 3.06. The molecule has 2 aromatic heterocycles. The van der Waals surface area contributed by atoms with Gasteiger partial charge in [0.1, 0.15) is 17.5 Å². The molecule has 0 saturated carbocycles. The third-order valence-electron chi connectivity index (χ3n) is 3.06. The number of benzene rings is 1. The van der Waals surface area contributed by atoms with E-state index in [9.17, 15) is 0 Å². The van der Waals surface area contributed by atoms with Crippen molar-refractivity contribution in [3.05, 3.63) is 53.6 Å². The van der Waals surface area contributed by atoms with Crippen molar-refractivity contribution >= 4 is 0 Å². The van der Waals surface area contributed by atoms with Crippen LogP contribution in [0.2, 0.25) is 0 Å². The van der Waals surface area contributed by atoms with Gasteiger partial charge in [0, 0.05) is 18.2 Å². The minimum Gasteiger partial charge on any atom is -0.496 e. The van der Waals surface area contributed by atoms with Gasteiger partial charge in [0.05, 0.1) is 12.7 Å². The fourth-order valence-corrected chi connectivity index (χ4v) is 2.04. The summed E-state index contributed by atoms with van der Waals surface area (Å²) < 4.78 is 10.5. The molecule has 0 unspecified atom stereocenters. The van der Waals surface area contributed by atoms with Gasteiger partial charge in [-0.25, -0.2) is 0 Å². The van der Waals surface area contributed by atoms with Crippen LogP contribution in [0.4, 0.5) is 0 Å². The number of hydrogen-bond acceptors (Lipinski definition) is 5. The second-order valence-corrected chi connectivity index (χ2v) is 4.42. The molecule has 21 heavy (non-hydrogen) atoms. The number of nitriles is 1. The highest BCUT2D eigenvalue weighted by molar-refractivity contribution is 5.54. The topological polar surface area (TPSA) is 87.7 Å². The van der Waals surface area contributed by atoms with Crippen molar-refractivity contribution in [3.8, 4) is 23.3 Å². The lowest BCUT2D eigenvalue weighted by Crippen LogP contribution is -1.95. The molecule has 0 radical (unpaired) electrons. The molecule has 0 amide bonds. The van der Waals surface area contributed by atoms with Crippen LogP contribution in [0.1, 0.15) is 17.1 Å². The smallest absolute Gasteiger partial charge is 0.259 e. The fraction of sp³-hybridized carbons (Fsp3) is 0.133. The first-order valence-corrected chi connectivity index (χ1v) is 6.33. The van der Waals surface area contributed by atoms with Crippen LogP contribution in [0.5, 0.6) is 5.75 Å². The zero-order valence-electron chi connectivity index (χ0n) is 11.3. The average molecular weight is 280 g/mol. The Labute approximate surface area is 121 Å². The lowest BCUT2D eigenvalue weighted by atomic mass is 10.1. The van der Waals surface area contributed by atoms with Crippen LogP contribution in [-0.4, -0.2) is 22.2 Å². The summed E-state index contributed by atoms with van der Waals surface area (Å²) >= 11 is 0. The Balaban J connectivity index is 1.84. The zero-order chi connectivity index (χ0) is 14.7. The fourth-order valence-electron chi connectivity index (χ4n) is 2.04. The number of para-hydroxylation sites is 1. The molecule has 1 aromatic carbocycles. The molecule has 6 heteroatoms. The van der Waals surface area contributed by atoms with Gasteiger partial charge in [-0.05, 0) is 12.1 Å². The van der Waals surface area contributed by atoms with Crippen LogP contribution in [0, 0.1) is 11.3 Å². The van der Waals surface area contributed by atoms with E-state index in [4.69, 9.17) is 14.5 Å². The van der Waals surface area contributed by atoms with Gasteiger partial charge < -0.3 is 14.2 Å². The number of aromatic nitrogens is 3. The van der Waals surface area contributed by atoms with Crippen LogP contribution < -0.4 is 4.74 Å². The van der Waals surface area contributed by atoms with Crippen LogP contribution >= 0.6 is 0 Å². The summed E-state index contributed by atoms with van der Waals surface area (Å²) in [4.78, 5) is 7.16. The molecule has 2 heterocycles. The number of methoxy groups -OCH3 is 1. The summed E-state index contributed by atoms with van der Waals surface area (Å²) in [7, 11) is 1.63. The Bertz CT molecular complexity index is 798. The summed E-state index contributed by atoms with van der Waals surface area (Å²) in [6.07, 6.45) is 2.18. The number of H-pyrrole nitrogens is 1. The van der Waals surface area contributed by atoms with Gasteiger partial charge in [-0.15, -0.1) is 0 Å². The largest absolute Gasteiger partial charge is 0.496 e. The van der Waals surface area contributed by atoms with Gasteiger partial charge in [0.2, 0.25) is 0 Å². The van der Waals surface area contributed by atoms with E-state index in [1.165, 1.54) is 0 Å². The maximum Gasteiger partial charge on any atom is 0.259 e. The molecular weight excluding hydrogens is 268 g/mol. The molecule has 3 rings (SSSR count). The van der Waals surface area contributed by atoms with Crippen molar-refractivity contribution in [2.24, 2.45) is 0 Å². The minimum atomic E-state index is 0.387. The van der Waals surface area contributed by atoms with E-state index >= 15 is 0 Å². The van der Waals surface area contributed by atoms with Gasteiger partial charge >= 0.3 is 0 Å². The van der Waals surface area contributed by atoms with E-state index in [0.717, 1.165) is 11.3 Å². The zero-order valence-corrected chi connectivity index (χ0v) is 11.3. The number of rotatable bonds is 4. The maximum atomic E-state index is 8.79. The highest BCUT2D eigenvalue weighted by Crippen LogP contribution is 2.22. The summed E-state index contributed by atoms with van der Waals surface area (Å²) in [5.41, 5.74) is 2.14. The lowest BCUT2D eigenvalue weighted by Gasteiger charge is -2.04. The molecule has 0 spiro atoms. The first kappa shape index (κ1) is 12.9. The Morgan fingerprint density at radius 3 is 3.00 bits per heavy atom. The molecule has 0 saturated heterocycles. The second kappa shape index (κ2) is 5.51. The summed E-state index contributed by atoms with van der Waals surface area (Å²) in [5, 5.41) is 12.8. The predicted octanol–water partition coefficient (Wildman–Crippen LogP) is 2.54. The quantitative estimate of drug-likeness (QED) is 0.793. The Hall–Kier alpha value is -3.07. The van der Waals surface area contributed by atoms with E-state index in [2.05, 4.69) is 15.1 Å². The van der Waals surface area contributed by atoms with Gasteiger partial charge in [0.15, 0.2) is 5.82 Å². The summed E-state index contributed by atoms with van der Waals surface area (Å²) in [6, 6.07) is 11.4. The first-order valence-electron chi connectivity index (χ1n) is 6.33. The van der Waals surface area contributed by atoms with Crippen LogP contribution in [-0.2, 0) is 6.42 Å². The van der Waals surface area contributed by atoms with E-state index in [1.807, 2.05) is 30.3 Å². The average Bonchev–Trinajstić information content (AvgIpc) is 3.16. The van der Waals surface area contributed by atoms with Crippen molar-refractivity contribution < 1.29 is 9.26 Å². The molecule has 1 N–H and O–H groups in total. The first-order chi connectivity index (χ1) is 10.3. The molecule has 0 aliphatic heterocycles. The van der Waals surface area contributed by atoms with E-state index in [1.54, 1.807) is 19.4 Å². The molecule has 0 aliphatic rings. The monoisotopic (exact) mass is 280 g/mol. The van der Waals surface area contributed by atoms with Crippen molar-refractivity contribution in [1.29, 1.82) is 5.26 Å². The number of hydrogen-bond donors (Lipinski definition) is 1. The normalized spacial score (nSPS) is 10.3. The summed E-state index contributed by atoms with van der Waals surface area (Å²) in [6.45, 7) is 0. The van der Waals surface area contributed by atoms with Crippen LogP contribution in [0.25, 0.3) is 11.5 Å². The van der Waals surface area contributed by atoms with Gasteiger partial charge in [0.25, 0.3) is 5.89 Å². The van der Waals surface area contributed by atoms with E-state index < -0.39 is 0 Å². The Kier molecular flexibility index (Phi) is 3.39. The number of nitrogens with zero attached hydrogens (tertiary/aromatic N) is 3. The number of aromatic amines is 1. The van der Waals surface area contributed by atoms with Crippen molar-refractivity contribution in [3.63, 3.8) is 0 Å². The highest BCUT2D eigenvalue weighted by Gasteiger charge is 2.12. The molecule has 6 nitrogen and oxygen atoms in total. The van der Waals surface area contributed by atoms with Crippen LogP contribution in [0.15, 0.2) is 41.1 Å². The SMILES string of the molecule is COc1ccccc1Cc1noc(-c2c[nH]c(C#N)c2)n1. The molecule has 0 bridgehead atoms. The van der Waals surface area contributed by atoms with Gasteiger partial charge in [-0.2, -0.15) is 10.2 Å².